The van der Waals surface area contributed by atoms with E-state index in [-0.39, 0.29) is 0 Å². The molecule has 0 spiro atoms. The van der Waals surface area contributed by atoms with Gasteiger partial charge in [-0.1, -0.05) is 0 Å². The van der Waals surface area contributed by atoms with Crippen molar-refractivity contribution in [2.45, 2.75) is 25.8 Å². The summed E-state index contributed by atoms with van der Waals surface area (Å²) < 4.78 is 4.05. The molecular weight excluding hydrogens is 202 g/mol. The van der Waals surface area contributed by atoms with Crippen molar-refractivity contribution in [2.75, 3.05) is 11.4 Å². The highest BCUT2D eigenvalue weighted by atomic mass is 32.1. The monoisotopic (exact) mass is 213 g/mol. The second-order valence-corrected chi connectivity index (χ2v) is 4.04. The van der Waals surface area contributed by atoms with Gasteiger partial charge in [0.25, 0.3) is 0 Å². The van der Waals surface area contributed by atoms with Gasteiger partial charge in [0.05, 0.1) is 0 Å². The van der Waals surface area contributed by atoms with E-state index < -0.39 is 12.0 Å². The summed E-state index contributed by atoms with van der Waals surface area (Å²) in [5, 5.41) is 9.70. The zero-order chi connectivity index (χ0) is 10.1. The number of nitrogens with zero attached hydrogens (tertiary/aromatic N) is 3. The molecule has 1 aromatic rings. The van der Waals surface area contributed by atoms with Crippen LogP contribution in [0.2, 0.25) is 0 Å². The number of hydrogen-bond donors (Lipinski definition) is 1. The number of hydrogen-bond acceptors (Lipinski definition) is 5. The van der Waals surface area contributed by atoms with E-state index in [9.17, 15) is 4.79 Å². The third-order valence-electron chi connectivity index (χ3n) is 2.30. The van der Waals surface area contributed by atoms with E-state index in [1.54, 1.807) is 0 Å². The summed E-state index contributed by atoms with van der Waals surface area (Å²) in [5.74, 6) is -0.0589. The average Bonchev–Trinajstić information content (AvgIpc) is 2.70. The molecule has 14 heavy (non-hydrogen) atoms. The molecule has 1 aliphatic heterocycles. The van der Waals surface area contributed by atoms with Crippen molar-refractivity contribution in [2.24, 2.45) is 0 Å². The van der Waals surface area contributed by atoms with Crippen LogP contribution >= 0.6 is 11.5 Å². The standard InChI is InChI=1S/C8H11N3O2S/c1-5-9-8(14-10-5)11-4-2-3-6(11)7(12)13/h6H,2-4H2,1H3,(H,12,13). The Labute approximate surface area is 85.6 Å². The largest absolute Gasteiger partial charge is 0.480 e. The highest BCUT2D eigenvalue weighted by Gasteiger charge is 2.32. The first kappa shape index (κ1) is 9.39. The minimum absolute atomic E-state index is 0.414. The van der Waals surface area contributed by atoms with Crippen molar-refractivity contribution in [1.29, 1.82) is 0 Å². The molecule has 1 aliphatic rings. The molecular formula is C8H11N3O2S. The van der Waals surface area contributed by atoms with E-state index >= 15 is 0 Å². The molecule has 0 saturated carbocycles. The maximum atomic E-state index is 10.9. The zero-order valence-electron chi connectivity index (χ0n) is 7.80. The van der Waals surface area contributed by atoms with Crippen LogP contribution in [0, 0.1) is 6.92 Å². The van der Waals surface area contributed by atoms with Crippen LogP contribution in [0.15, 0.2) is 0 Å². The molecule has 1 saturated heterocycles. The Hall–Kier alpha value is -1.17. The van der Waals surface area contributed by atoms with Gasteiger partial charge in [-0.2, -0.15) is 4.37 Å². The zero-order valence-corrected chi connectivity index (χ0v) is 8.62. The minimum atomic E-state index is -0.768. The Morgan fingerprint density at radius 2 is 2.50 bits per heavy atom. The van der Waals surface area contributed by atoms with Crippen LogP contribution in [0.3, 0.4) is 0 Å². The predicted octanol–water partition coefficient (Wildman–Crippen LogP) is 0.900. The van der Waals surface area contributed by atoms with Gasteiger partial charge in [-0.15, -0.1) is 0 Å². The molecule has 1 unspecified atom stereocenters. The fourth-order valence-electron chi connectivity index (χ4n) is 1.66. The van der Waals surface area contributed by atoms with E-state index in [1.165, 1.54) is 11.5 Å². The number of rotatable bonds is 2. The first-order chi connectivity index (χ1) is 6.68. The highest BCUT2D eigenvalue weighted by Crippen LogP contribution is 2.26. The second-order valence-electron chi connectivity index (χ2n) is 3.31. The molecule has 76 valence electrons. The predicted molar refractivity (Wildman–Crippen MR) is 52.6 cm³/mol. The van der Waals surface area contributed by atoms with Gasteiger partial charge in [-0.3, -0.25) is 0 Å². The Bertz CT molecular complexity index is 352. The maximum absolute atomic E-state index is 10.9. The van der Waals surface area contributed by atoms with Crippen molar-refractivity contribution in [3.8, 4) is 0 Å². The van der Waals surface area contributed by atoms with Gasteiger partial charge >= 0.3 is 5.97 Å². The molecule has 1 N–H and O–H groups in total. The molecule has 6 heteroatoms. The molecule has 0 aromatic carbocycles. The van der Waals surface area contributed by atoms with Crippen molar-refractivity contribution in [1.82, 2.24) is 9.36 Å². The van der Waals surface area contributed by atoms with Crippen LogP contribution in [-0.4, -0.2) is 33.0 Å². The van der Waals surface area contributed by atoms with Gasteiger partial charge in [-0.05, 0) is 19.8 Å². The van der Waals surface area contributed by atoms with Gasteiger partial charge in [0.1, 0.15) is 11.9 Å². The normalized spacial score (nSPS) is 21.5. The topological polar surface area (TPSA) is 66.3 Å². The molecule has 0 amide bonds. The number of carbonyl (C=O) groups is 1. The summed E-state index contributed by atoms with van der Waals surface area (Å²) in [6, 6.07) is -0.414. The summed E-state index contributed by atoms with van der Waals surface area (Å²) in [6.45, 7) is 2.58. The molecule has 2 heterocycles. The lowest BCUT2D eigenvalue weighted by Crippen LogP contribution is -2.35. The molecule has 1 atom stereocenters. The van der Waals surface area contributed by atoms with E-state index in [1.807, 2.05) is 11.8 Å². The van der Waals surface area contributed by atoms with Crippen LogP contribution in [0.5, 0.6) is 0 Å². The highest BCUT2D eigenvalue weighted by molar-refractivity contribution is 7.09. The Morgan fingerprint density at radius 3 is 3.07 bits per heavy atom. The van der Waals surface area contributed by atoms with Crippen LogP contribution in [0.1, 0.15) is 18.7 Å². The Balaban J connectivity index is 2.21. The van der Waals surface area contributed by atoms with E-state index in [0.717, 1.165) is 18.1 Å². The first-order valence-electron chi connectivity index (χ1n) is 4.48. The Morgan fingerprint density at radius 1 is 1.71 bits per heavy atom. The molecule has 5 nitrogen and oxygen atoms in total. The third kappa shape index (κ3) is 1.57. The van der Waals surface area contributed by atoms with Crippen molar-refractivity contribution in [3.05, 3.63) is 5.82 Å². The van der Waals surface area contributed by atoms with Gasteiger partial charge in [0.2, 0.25) is 5.13 Å². The molecule has 1 fully saturated rings. The summed E-state index contributed by atoms with van der Waals surface area (Å²) in [6.07, 6.45) is 1.61. The SMILES string of the molecule is Cc1nsc(N2CCCC2C(=O)O)n1. The van der Waals surface area contributed by atoms with Gasteiger partial charge in [0, 0.05) is 18.1 Å². The summed E-state index contributed by atoms with van der Waals surface area (Å²) in [7, 11) is 0. The number of aromatic nitrogens is 2. The van der Waals surface area contributed by atoms with Gasteiger partial charge in [-0.25, -0.2) is 9.78 Å². The molecule has 1 aromatic heterocycles. The lowest BCUT2D eigenvalue weighted by Gasteiger charge is -2.19. The molecule has 0 aliphatic carbocycles. The van der Waals surface area contributed by atoms with Crippen LogP contribution in [0.4, 0.5) is 5.13 Å². The van der Waals surface area contributed by atoms with Crippen molar-refractivity contribution in [3.63, 3.8) is 0 Å². The number of carboxylic acid groups (broad SMARTS) is 1. The smallest absolute Gasteiger partial charge is 0.326 e. The van der Waals surface area contributed by atoms with E-state index in [2.05, 4.69) is 9.36 Å². The lowest BCUT2D eigenvalue weighted by atomic mass is 10.2. The first-order valence-corrected chi connectivity index (χ1v) is 5.25. The average molecular weight is 213 g/mol. The summed E-state index contributed by atoms with van der Waals surface area (Å²) in [4.78, 5) is 16.9. The van der Waals surface area contributed by atoms with Crippen LogP contribution in [-0.2, 0) is 4.79 Å². The van der Waals surface area contributed by atoms with Crippen molar-refractivity contribution < 1.29 is 9.90 Å². The van der Waals surface area contributed by atoms with Gasteiger partial charge in [0.15, 0.2) is 0 Å². The number of carboxylic acids is 1. The van der Waals surface area contributed by atoms with Crippen molar-refractivity contribution >= 4 is 22.6 Å². The summed E-state index contributed by atoms with van der Waals surface area (Å²) >= 11 is 1.27. The summed E-state index contributed by atoms with van der Waals surface area (Å²) in [5.41, 5.74) is 0. The Kier molecular flexibility index (Phi) is 2.37. The van der Waals surface area contributed by atoms with E-state index in [0.29, 0.717) is 12.2 Å². The number of aryl methyl sites for hydroxylation is 1. The molecule has 0 radical (unpaired) electrons. The maximum Gasteiger partial charge on any atom is 0.326 e. The third-order valence-corrected chi connectivity index (χ3v) is 3.15. The van der Waals surface area contributed by atoms with Crippen LogP contribution < -0.4 is 4.90 Å². The van der Waals surface area contributed by atoms with Crippen LogP contribution in [0.25, 0.3) is 0 Å². The minimum Gasteiger partial charge on any atom is -0.480 e. The number of aliphatic carboxylic acids is 1. The number of anilines is 1. The quantitative estimate of drug-likeness (QED) is 0.790. The molecule has 2 rings (SSSR count). The molecule has 0 bridgehead atoms. The fourth-order valence-corrected chi connectivity index (χ4v) is 2.41. The second kappa shape index (κ2) is 3.53. The van der Waals surface area contributed by atoms with Gasteiger partial charge < -0.3 is 10.0 Å². The van der Waals surface area contributed by atoms with E-state index in [4.69, 9.17) is 5.11 Å². The fraction of sp³-hybridized carbons (Fsp3) is 0.625. The lowest BCUT2D eigenvalue weighted by molar-refractivity contribution is -0.138.